The lowest BCUT2D eigenvalue weighted by atomic mass is 10.1. The summed E-state index contributed by atoms with van der Waals surface area (Å²) in [6.07, 6.45) is 4.19. The predicted octanol–water partition coefficient (Wildman–Crippen LogP) is 1.78. The van der Waals surface area contributed by atoms with Gasteiger partial charge in [-0.15, -0.1) is 0 Å². The predicted molar refractivity (Wildman–Crippen MR) is 77.3 cm³/mol. The second kappa shape index (κ2) is 5.00. The van der Waals surface area contributed by atoms with Gasteiger partial charge in [0, 0.05) is 18.8 Å². The molecule has 0 unspecified atom stereocenters. The van der Waals surface area contributed by atoms with Crippen molar-refractivity contribution in [1.29, 1.82) is 0 Å². The summed E-state index contributed by atoms with van der Waals surface area (Å²) in [4.78, 5) is 24.9. The van der Waals surface area contributed by atoms with E-state index in [4.69, 9.17) is 0 Å². The molecule has 104 valence electrons. The molecular weight excluding hydrogens is 254 g/mol. The van der Waals surface area contributed by atoms with Crippen LogP contribution in [0.4, 0.5) is 10.5 Å². The summed E-state index contributed by atoms with van der Waals surface area (Å²) in [7, 11) is 0. The standard InChI is InChI=1S/C15H17N3O2/c1-10-8-11(9-12-14(19)17-15(20)16-12)4-5-13(10)18-6-2-3-7-18/h4-5,8-9H,2-3,6-7H2,1H3,(H2,16,17,19,20)/b12-9+. The van der Waals surface area contributed by atoms with Crippen molar-refractivity contribution in [2.75, 3.05) is 18.0 Å². The molecule has 2 saturated heterocycles. The van der Waals surface area contributed by atoms with Crippen molar-refractivity contribution in [3.05, 3.63) is 35.0 Å². The number of carbonyl (C=O) groups is 2. The zero-order valence-corrected chi connectivity index (χ0v) is 11.4. The SMILES string of the molecule is Cc1cc(/C=C2/NC(=O)NC2=O)ccc1N1CCCC1. The van der Waals surface area contributed by atoms with Crippen LogP contribution in [-0.4, -0.2) is 25.0 Å². The number of urea groups is 1. The van der Waals surface area contributed by atoms with Gasteiger partial charge in [-0.25, -0.2) is 4.79 Å². The molecule has 0 saturated carbocycles. The summed E-state index contributed by atoms with van der Waals surface area (Å²) in [5.41, 5.74) is 3.65. The lowest BCUT2D eigenvalue weighted by molar-refractivity contribution is -0.115. The molecule has 3 amide bonds. The molecule has 1 aromatic rings. The largest absolute Gasteiger partial charge is 0.371 e. The maximum atomic E-state index is 11.5. The van der Waals surface area contributed by atoms with Crippen molar-refractivity contribution in [2.45, 2.75) is 19.8 Å². The molecule has 0 aromatic heterocycles. The van der Waals surface area contributed by atoms with Crippen LogP contribution in [-0.2, 0) is 4.79 Å². The van der Waals surface area contributed by atoms with Crippen molar-refractivity contribution in [2.24, 2.45) is 0 Å². The van der Waals surface area contributed by atoms with Crippen LogP contribution in [0.5, 0.6) is 0 Å². The lowest BCUT2D eigenvalue weighted by Gasteiger charge is -2.20. The Balaban J connectivity index is 1.85. The van der Waals surface area contributed by atoms with E-state index in [1.165, 1.54) is 24.1 Å². The van der Waals surface area contributed by atoms with E-state index in [9.17, 15) is 9.59 Å². The molecule has 20 heavy (non-hydrogen) atoms. The first-order chi connectivity index (χ1) is 9.63. The van der Waals surface area contributed by atoms with Gasteiger partial charge < -0.3 is 10.2 Å². The number of benzene rings is 1. The molecule has 2 fully saturated rings. The first-order valence-corrected chi connectivity index (χ1v) is 6.83. The lowest BCUT2D eigenvalue weighted by Crippen LogP contribution is -2.22. The number of nitrogens with one attached hydrogen (secondary N) is 2. The second-order valence-corrected chi connectivity index (χ2v) is 5.21. The average Bonchev–Trinajstić information content (AvgIpc) is 3.00. The smallest absolute Gasteiger partial charge is 0.326 e. The Bertz CT molecular complexity index is 601. The first-order valence-electron chi connectivity index (χ1n) is 6.83. The van der Waals surface area contributed by atoms with E-state index in [0.717, 1.165) is 18.7 Å². The number of carbonyl (C=O) groups excluding carboxylic acids is 2. The number of aryl methyl sites for hydroxylation is 1. The zero-order chi connectivity index (χ0) is 14.1. The van der Waals surface area contributed by atoms with Gasteiger partial charge in [-0.2, -0.15) is 0 Å². The van der Waals surface area contributed by atoms with E-state index in [-0.39, 0.29) is 5.91 Å². The van der Waals surface area contributed by atoms with Crippen LogP contribution in [0, 0.1) is 6.92 Å². The molecule has 2 aliphatic heterocycles. The van der Waals surface area contributed by atoms with Crippen molar-refractivity contribution < 1.29 is 9.59 Å². The van der Waals surface area contributed by atoms with Gasteiger partial charge in [-0.3, -0.25) is 10.1 Å². The van der Waals surface area contributed by atoms with Gasteiger partial charge in [-0.1, -0.05) is 6.07 Å². The number of hydrogen-bond donors (Lipinski definition) is 2. The van der Waals surface area contributed by atoms with E-state index >= 15 is 0 Å². The molecular formula is C15H17N3O2. The minimum absolute atomic E-state index is 0.295. The highest BCUT2D eigenvalue weighted by Crippen LogP contribution is 2.25. The Labute approximate surface area is 117 Å². The summed E-state index contributed by atoms with van der Waals surface area (Å²) in [5.74, 6) is -0.378. The average molecular weight is 271 g/mol. The summed E-state index contributed by atoms with van der Waals surface area (Å²) in [6.45, 7) is 4.29. The topological polar surface area (TPSA) is 61.4 Å². The van der Waals surface area contributed by atoms with Crippen LogP contribution in [0.2, 0.25) is 0 Å². The van der Waals surface area contributed by atoms with Crippen molar-refractivity contribution in [3.8, 4) is 0 Å². The van der Waals surface area contributed by atoms with Crippen LogP contribution in [0.25, 0.3) is 6.08 Å². The van der Waals surface area contributed by atoms with Crippen LogP contribution in [0.15, 0.2) is 23.9 Å². The molecule has 0 bridgehead atoms. The molecule has 0 atom stereocenters. The number of anilines is 1. The number of amides is 3. The van der Waals surface area contributed by atoms with Gasteiger partial charge in [0.25, 0.3) is 5.91 Å². The Kier molecular flexibility index (Phi) is 3.18. The van der Waals surface area contributed by atoms with Gasteiger partial charge in [0.1, 0.15) is 5.70 Å². The minimum Gasteiger partial charge on any atom is -0.371 e. The highest BCUT2D eigenvalue weighted by atomic mass is 16.2. The molecule has 1 aromatic carbocycles. The Morgan fingerprint density at radius 1 is 1.15 bits per heavy atom. The maximum Gasteiger partial charge on any atom is 0.326 e. The zero-order valence-electron chi connectivity index (χ0n) is 11.4. The normalized spacial score (nSPS) is 20.4. The monoisotopic (exact) mass is 271 g/mol. The van der Waals surface area contributed by atoms with Crippen molar-refractivity contribution >= 4 is 23.7 Å². The highest BCUT2D eigenvalue weighted by Gasteiger charge is 2.22. The first kappa shape index (κ1) is 12.7. The van der Waals surface area contributed by atoms with Crippen molar-refractivity contribution in [1.82, 2.24) is 10.6 Å². The maximum absolute atomic E-state index is 11.5. The number of nitrogens with zero attached hydrogens (tertiary/aromatic N) is 1. The van der Waals surface area contributed by atoms with Crippen LogP contribution >= 0.6 is 0 Å². The third-order valence-electron chi connectivity index (χ3n) is 3.70. The Hall–Kier alpha value is -2.30. The van der Waals surface area contributed by atoms with Crippen LogP contribution < -0.4 is 15.5 Å². The molecule has 0 aliphatic carbocycles. The second-order valence-electron chi connectivity index (χ2n) is 5.21. The van der Waals surface area contributed by atoms with Gasteiger partial charge in [-0.05, 0) is 49.1 Å². The summed E-state index contributed by atoms with van der Waals surface area (Å²) >= 11 is 0. The van der Waals surface area contributed by atoms with E-state index in [1.807, 2.05) is 12.1 Å². The van der Waals surface area contributed by atoms with Gasteiger partial charge in [0.2, 0.25) is 0 Å². The molecule has 0 radical (unpaired) electrons. The number of imide groups is 1. The number of hydrogen-bond acceptors (Lipinski definition) is 3. The third kappa shape index (κ3) is 2.39. The van der Waals surface area contributed by atoms with E-state index in [0.29, 0.717) is 5.70 Å². The molecule has 5 heteroatoms. The molecule has 2 heterocycles. The van der Waals surface area contributed by atoms with Gasteiger partial charge >= 0.3 is 6.03 Å². The summed E-state index contributed by atoms with van der Waals surface area (Å²) in [6, 6.07) is 5.64. The number of rotatable bonds is 2. The fraction of sp³-hybridized carbons (Fsp3) is 0.333. The van der Waals surface area contributed by atoms with E-state index < -0.39 is 6.03 Å². The highest BCUT2D eigenvalue weighted by molar-refractivity contribution is 6.14. The van der Waals surface area contributed by atoms with Crippen LogP contribution in [0.3, 0.4) is 0 Å². The van der Waals surface area contributed by atoms with Crippen LogP contribution in [0.1, 0.15) is 24.0 Å². The van der Waals surface area contributed by atoms with E-state index in [1.54, 1.807) is 6.08 Å². The fourth-order valence-corrected chi connectivity index (χ4v) is 2.73. The molecule has 5 nitrogen and oxygen atoms in total. The quantitative estimate of drug-likeness (QED) is 0.636. The fourth-order valence-electron chi connectivity index (χ4n) is 2.73. The Morgan fingerprint density at radius 2 is 1.90 bits per heavy atom. The Morgan fingerprint density at radius 3 is 2.50 bits per heavy atom. The third-order valence-corrected chi connectivity index (χ3v) is 3.70. The van der Waals surface area contributed by atoms with E-state index in [2.05, 4.69) is 28.5 Å². The summed E-state index contributed by atoms with van der Waals surface area (Å²) < 4.78 is 0. The summed E-state index contributed by atoms with van der Waals surface area (Å²) in [5, 5.41) is 4.68. The molecule has 0 spiro atoms. The van der Waals surface area contributed by atoms with Gasteiger partial charge in [0.05, 0.1) is 0 Å². The minimum atomic E-state index is -0.466. The van der Waals surface area contributed by atoms with Crippen molar-refractivity contribution in [3.63, 3.8) is 0 Å². The van der Waals surface area contributed by atoms with Gasteiger partial charge in [0.15, 0.2) is 0 Å². The molecule has 2 aliphatic rings. The molecule has 2 N–H and O–H groups in total. The molecule has 3 rings (SSSR count).